The minimum atomic E-state index is -0.118. The third-order valence-corrected chi connectivity index (χ3v) is 4.92. The lowest BCUT2D eigenvalue weighted by Gasteiger charge is -2.31. The minimum absolute atomic E-state index is 0.0460. The monoisotopic (exact) mass is 340 g/mol. The molecule has 1 aromatic heterocycles. The van der Waals surface area contributed by atoms with Crippen LogP contribution in [0.3, 0.4) is 0 Å². The first-order chi connectivity index (χ1) is 11.0. The molecule has 7 nitrogen and oxygen atoms in total. The Morgan fingerprint density at radius 1 is 1.43 bits per heavy atom. The first kappa shape index (κ1) is 17.8. The second-order valence-electron chi connectivity index (χ2n) is 5.80. The summed E-state index contributed by atoms with van der Waals surface area (Å²) in [5.41, 5.74) is 0.934. The normalized spacial score (nSPS) is 18.7. The number of carbonyl (C=O) groups is 2. The number of piperidine rings is 1. The van der Waals surface area contributed by atoms with Crippen molar-refractivity contribution in [3.8, 4) is 0 Å². The molecule has 0 saturated carbocycles. The average molecular weight is 340 g/mol. The van der Waals surface area contributed by atoms with Crippen LogP contribution in [0.4, 0.5) is 5.13 Å². The number of rotatable bonds is 6. The van der Waals surface area contributed by atoms with Crippen molar-refractivity contribution >= 4 is 28.3 Å². The molecule has 1 aliphatic rings. The van der Waals surface area contributed by atoms with Gasteiger partial charge in [0, 0.05) is 18.0 Å². The third kappa shape index (κ3) is 5.26. The molecule has 1 aliphatic heterocycles. The van der Waals surface area contributed by atoms with Crippen molar-refractivity contribution in [2.24, 2.45) is 5.92 Å². The van der Waals surface area contributed by atoms with Gasteiger partial charge in [0.25, 0.3) is 0 Å². The van der Waals surface area contributed by atoms with E-state index >= 15 is 0 Å². The number of likely N-dealkylation sites (tertiary alicyclic amines) is 1. The quantitative estimate of drug-likeness (QED) is 0.702. The molecule has 2 heterocycles. The van der Waals surface area contributed by atoms with Crippen molar-refractivity contribution in [3.05, 3.63) is 10.6 Å². The van der Waals surface area contributed by atoms with Gasteiger partial charge in [-0.25, -0.2) is 4.98 Å². The summed E-state index contributed by atoms with van der Waals surface area (Å²) in [6.07, 6.45) is 1.71. The van der Waals surface area contributed by atoms with Crippen molar-refractivity contribution < 1.29 is 14.7 Å². The maximum Gasteiger partial charge on any atom is 0.240 e. The molecule has 0 aromatic carbocycles. The van der Waals surface area contributed by atoms with Crippen LogP contribution in [0.25, 0.3) is 0 Å². The second kappa shape index (κ2) is 8.37. The van der Waals surface area contributed by atoms with Crippen LogP contribution in [-0.4, -0.2) is 59.6 Å². The maximum atomic E-state index is 12.1. The molecule has 128 valence electrons. The molecule has 0 aliphatic carbocycles. The molecule has 1 unspecified atom stereocenters. The number of amides is 2. The van der Waals surface area contributed by atoms with Crippen LogP contribution in [0.5, 0.6) is 0 Å². The molecule has 1 saturated heterocycles. The van der Waals surface area contributed by atoms with Gasteiger partial charge in [0.2, 0.25) is 11.8 Å². The molecule has 3 N–H and O–H groups in total. The summed E-state index contributed by atoms with van der Waals surface area (Å²) < 4.78 is 0. The van der Waals surface area contributed by atoms with Gasteiger partial charge in [-0.3, -0.25) is 14.5 Å². The SMILES string of the molecule is Cc1nc(NC(=O)CN2CCCC(C(=O)NCCO)C2)sc1C. The van der Waals surface area contributed by atoms with Gasteiger partial charge in [-0.15, -0.1) is 11.3 Å². The van der Waals surface area contributed by atoms with Crippen molar-refractivity contribution in [2.75, 3.05) is 38.1 Å². The lowest BCUT2D eigenvalue weighted by molar-refractivity contribution is -0.128. The van der Waals surface area contributed by atoms with E-state index in [0.717, 1.165) is 30.0 Å². The Kier molecular flexibility index (Phi) is 6.49. The summed E-state index contributed by atoms with van der Waals surface area (Å²) in [5, 5.41) is 14.9. The number of aliphatic hydroxyl groups is 1. The van der Waals surface area contributed by atoms with Crippen molar-refractivity contribution in [2.45, 2.75) is 26.7 Å². The zero-order valence-corrected chi connectivity index (χ0v) is 14.4. The molecule has 0 bridgehead atoms. The fourth-order valence-corrected chi connectivity index (χ4v) is 3.46. The highest BCUT2D eigenvalue weighted by atomic mass is 32.1. The summed E-state index contributed by atoms with van der Waals surface area (Å²) >= 11 is 1.47. The van der Waals surface area contributed by atoms with Crippen LogP contribution in [0.15, 0.2) is 0 Å². The van der Waals surface area contributed by atoms with Crippen molar-refractivity contribution in [3.63, 3.8) is 0 Å². The highest BCUT2D eigenvalue weighted by Crippen LogP contribution is 2.21. The van der Waals surface area contributed by atoms with Crippen LogP contribution >= 0.6 is 11.3 Å². The molecule has 1 aromatic rings. The molecule has 1 fully saturated rings. The Bertz CT molecular complexity index is 541. The van der Waals surface area contributed by atoms with Crippen LogP contribution in [0.2, 0.25) is 0 Å². The number of thiazole rings is 1. The van der Waals surface area contributed by atoms with E-state index in [4.69, 9.17) is 5.11 Å². The number of hydrogen-bond acceptors (Lipinski definition) is 6. The number of hydrogen-bond donors (Lipinski definition) is 3. The molecule has 0 radical (unpaired) electrons. The van der Waals surface area contributed by atoms with Gasteiger partial charge in [0.1, 0.15) is 0 Å². The third-order valence-electron chi connectivity index (χ3n) is 3.93. The first-order valence-electron chi connectivity index (χ1n) is 7.84. The summed E-state index contributed by atoms with van der Waals surface area (Å²) in [6.45, 7) is 5.76. The number of anilines is 1. The minimum Gasteiger partial charge on any atom is -0.395 e. The molecule has 23 heavy (non-hydrogen) atoms. The van der Waals surface area contributed by atoms with Crippen LogP contribution < -0.4 is 10.6 Å². The Labute approximate surface area is 140 Å². The van der Waals surface area contributed by atoms with E-state index < -0.39 is 0 Å². The summed E-state index contributed by atoms with van der Waals surface area (Å²) in [5.74, 6) is -0.266. The molecule has 0 spiro atoms. The van der Waals surface area contributed by atoms with Crippen molar-refractivity contribution in [1.29, 1.82) is 0 Å². The number of carbonyl (C=O) groups excluding carboxylic acids is 2. The number of aliphatic hydroxyl groups excluding tert-OH is 1. The van der Waals surface area contributed by atoms with Crippen LogP contribution in [-0.2, 0) is 9.59 Å². The van der Waals surface area contributed by atoms with Gasteiger partial charge in [0.05, 0.1) is 24.8 Å². The van der Waals surface area contributed by atoms with E-state index in [1.54, 1.807) is 0 Å². The predicted molar refractivity (Wildman–Crippen MR) is 89.5 cm³/mol. The Balaban J connectivity index is 1.82. The molecule has 1 atom stereocenters. The molecular formula is C15H24N4O3S. The maximum absolute atomic E-state index is 12.1. The fourth-order valence-electron chi connectivity index (χ4n) is 2.62. The number of aromatic nitrogens is 1. The topological polar surface area (TPSA) is 94.6 Å². The highest BCUT2D eigenvalue weighted by Gasteiger charge is 2.26. The van der Waals surface area contributed by atoms with Gasteiger partial charge in [-0.05, 0) is 33.2 Å². The zero-order valence-electron chi connectivity index (χ0n) is 13.6. The van der Waals surface area contributed by atoms with Crippen molar-refractivity contribution in [1.82, 2.24) is 15.2 Å². The van der Waals surface area contributed by atoms with Gasteiger partial charge < -0.3 is 15.7 Å². The Hall–Kier alpha value is -1.51. The smallest absolute Gasteiger partial charge is 0.240 e. The van der Waals surface area contributed by atoms with E-state index in [1.807, 2.05) is 18.7 Å². The van der Waals surface area contributed by atoms with E-state index in [1.165, 1.54) is 11.3 Å². The average Bonchev–Trinajstić information content (AvgIpc) is 2.82. The molecule has 8 heteroatoms. The Morgan fingerprint density at radius 3 is 2.87 bits per heavy atom. The predicted octanol–water partition coefficient (Wildman–Crippen LogP) is 0.519. The van der Waals surface area contributed by atoms with E-state index in [2.05, 4.69) is 15.6 Å². The fraction of sp³-hybridized carbons (Fsp3) is 0.667. The zero-order chi connectivity index (χ0) is 16.8. The van der Waals surface area contributed by atoms with Crippen LogP contribution in [0.1, 0.15) is 23.4 Å². The Morgan fingerprint density at radius 2 is 2.22 bits per heavy atom. The van der Waals surface area contributed by atoms with Crippen LogP contribution in [0, 0.1) is 19.8 Å². The lowest BCUT2D eigenvalue weighted by atomic mass is 9.97. The second-order valence-corrected chi connectivity index (χ2v) is 7.00. The number of nitrogens with zero attached hydrogens (tertiary/aromatic N) is 2. The standard InChI is InChI=1S/C15H24N4O3S/c1-10-11(2)23-15(17-10)18-13(21)9-19-6-3-4-12(8-19)14(22)16-5-7-20/h12,20H,3-9H2,1-2H3,(H,16,22)(H,17,18,21). The molecular weight excluding hydrogens is 316 g/mol. The molecule has 2 amide bonds. The van der Waals surface area contributed by atoms with Gasteiger partial charge in [-0.1, -0.05) is 0 Å². The first-order valence-corrected chi connectivity index (χ1v) is 8.66. The van der Waals surface area contributed by atoms with Gasteiger partial charge in [0.15, 0.2) is 5.13 Å². The summed E-state index contributed by atoms with van der Waals surface area (Å²) in [6, 6.07) is 0. The lowest BCUT2D eigenvalue weighted by Crippen LogP contribution is -2.45. The molecule has 2 rings (SSSR count). The summed E-state index contributed by atoms with van der Waals surface area (Å²) in [4.78, 5) is 31.5. The number of aryl methyl sites for hydroxylation is 2. The van der Waals surface area contributed by atoms with E-state index in [9.17, 15) is 9.59 Å². The van der Waals surface area contributed by atoms with E-state index in [-0.39, 0.29) is 37.4 Å². The largest absolute Gasteiger partial charge is 0.395 e. The number of nitrogens with one attached hydrogen (secondary N) is 2. The van der Waals surface area contributed by atoms with E-state index in [0.29, 0.717) is 11.7 Å². The van der Waals surface area contributed by atoms with Gasteiger partial charge >= 0.3 is 0 Å². The highest BCUT2D eigenvalue weighted by molar-refractivity contribution is 7.15. The summed E-state index contributed by atoms with van der Waals surface area (Å²) in [7, 11) is 0. The van der Waals surface area contributed by atoms with Gasteiger partial charge in [-0.2, -0.15) is 0 Å².